The number of hydrogen-bond donors (Lipinski definition) is 1. The minimum Gasteiger partial charge on any atom is -0.477 e. The van der Waals surface area contributed by atoms with Crippen LogP contribution < -0.4 is 0 Å². The van der Waals surface area contributed by atoms with Crippen molar-refractivity contribution in [3.8, 4) is 0 Å². The van der Waals surface area contributed by atoms with Gasteiger partial charge in [0.1, 0.15) is 5.03 Å². The van der Waals surface area contributed by atoms with E-state index in [2.05, 4.69) is 0 Å². The molecule has 42 valence electrons. The van der Waals surface area contributed by atoms with Crippen LogP contribution in [0.15, 0.2) is 11.1 Å². The van der Waals surface area contributed by atoms with E-state index < -0.39 is 5.97 Å². The van der Waals surface area contributed by atoms with Crippen molar-refractivity contribution in [3.05, 3.63) is 11.1 Å². The number of carboxylic acids is 1. The SMILES string of the molecule is CC=C(Cl)C(=O)O.[Cd]. The van der Waals surface area contributed by atoms with Crippen molar-refractivity contribution in [1.29, 1.82) is 0 Å². The molecule has 2 nitrogen and oxygen atoms in total. The fraction of sp³-hybridized carbons (Fsp3) is 0.250. The van der Waals surface area contributed by atoms with Crippen LogP contribution in [0.4, 0.5) is 0 Å². The quantitative estimate of drug-likeness (QED) is 0.545. The van der Waals surface area contributed by atoms with Crippen molar-refractivity contribution in [2.45, 2.75) is 6.92 Å². The first kappa shape index (κ1) is 11.2. The van der Waals surface area contributed by atoms with Gasteiger partial charge in [-0.2, -0.15) is 0 Å². The van der Waals surface area contributed by atoms with Gasteiger partial charge in [0.25, 0.3) is 0 Å². The van der Waals surface area contributed by atoms with Gasteiger partial charge < -0.3 is 5.11 Å². The van der Waals surface area contributed by atoms with Crippen molar-refractivity contribution in [1.82, 2.24) is 0 Å². The molecule has 0 fully saturated rings. The van der Waals surface area contributed by atoms with Crippen molar-refractivity contribution in [2.24, 2.45) is 0 Å². The summed E-state index contributed by atoms with van der Waals surface area (Å²) in [5, 5.41) is 7.84. The molecule has 0 saturated heterocycles. The summed E-state index contributed by atoms with van der Waals surface area (Å²) in [6, 6.07) is 0. The van der Waals surface area contributed by atoms with Crippen LogP contribution in [0, 0.1) is 0 Å². The Labute approximate surface area is 72.7 Å². The smallest absolute Gasteiger partial charge is 0.346 e. The fourth-order valence-corrected chi connectivity index (χ4v) is 0.123. The topological polar surface area (TPSA) is 37.3 Å². The zero-order valence-corrected chi connectivity index (χ0v) is 9.31. The predicted molar refractivity (Wildman–Crippen MR) is 27.2 cm³/mol. The Bertz CT molecular complexity index is 111. The maximum atomic E-state index is 9.73. The molecule has 0 aliphatic heterocycles. The molecule has 1 N–H and O–H groups in total. The molecule has 0 bridgehead atoms. The summed E-state index contributed by atoms with van der Waals surface area (Å²) < 4.78 is 0. The van der Waals surface area contributed by atoms with Crippen molar-refractivity contribution in [2.75, 3.05) is 0 Å². The predicted octanol–water partition coefficient (Wildman–Crippen LogP) is 1.21. The second-order valence-corrected chi connectivity index (χ2v) is 1.35. The molecule has 4 heteroatoms. The molecule has 8 heavy (non-hydrogen) atoms. The number of aliphatic carboxylic acids is 1. The molecule has 0 spiro atoms. The van der Waals surface area contributed by atoms with Gasteiger partial charge in [-0.05, 0) is 6.92 Å². The average Bonchev–Trinajstić information content (AvgIpc) is 1.65. The van der Waals surface area contributed by atoms with Gasteiger partial charge in [0.2, 0.25) is 0 Å². The fourth-order valence-electron chi connectivity index (χ4n) is 0.123. The Morgan fingerprint density at radius 1 is 1.75 bits per heavy atom. The Balaban J connectivity index is 0. The van der Waals surface area contributed by atoms with E-state index in [1.807, 2.05) is 0 Å². The standard InChI is InChI=1S/C4H5ClO2.Cd/c1-2-3(5)4(6)7;/h2H,1H3,(H,6,7);. The van der Waals surface area contributed by atoms with Crippen LogP contribution in [-0.4, -0.2) is 11.1 Å². The van der Waals surface area contributed by atoms with E-state index >= 15 is 0 Å². The summed E-state index contributed by atoms with van der Waals surface area (Å²) in [7, 11) is 0. The molecule has 0 unspecified atom stereocenters. The Hall–Kier alpha value is 0.422. The van der Waals surface area contributed by atoms with Crippen molar-refractivity contribution in [3.63, 3.8) is 0 Å². The van der Waals surface area contributed by atoms with E-state index in [9.17, 15) is 4.79 Å². The third kappa shape index (κ3) is 4.58. The number of halogens is 1. The molecule has 0 rings (SSSR count). The molecule has 0 aromatic heterocycles. The van der Waals surface area contributed by atoms with Gasteiger partial charge in [-0.3, -0.25) is 0 Å². The molecule has 0 aromatic carbocycles. The summed E-state index contributed by atoms with van der Waals surface area (Å²) in [6.07, 6.45) is 1.32. The van der Waals surface area contributed by atoms with Crippen molar-refractivity contribution < 1.29 is 37.2 Å². The third-order valence-electron chi connectivity index (χ3n) is 0.458. The van der Waals surface area contributed by atoms with Gasteiger partial charge >= 0.3 is 5.97 Å². The molecule has 0 radical (unpaired) electrons. The van der Waals surface area contributed by atoms with E-state index in [4.69, 9.17) is 16.7 Å². The van der Waals surface area contributed by atoms with Crippen LogP contribution in [-0.2, 0) is 32.1 Å². The summed E-state index contributed by atoms with van der Waals surface area (Å²) in [5.74, 6) is -1.08. The Morgan fingerprint density at radius 3 is 2.12 bits per heavy atom. The van der Waals surface area contributed by atoms with E-state index in [1.165, 1.54) is 6.08 Å². The number of carboxylic acid groups (broad SMARTS) is 1. The van der Waals surface area contributed by atoms with Crippen LogP contribution in [0.2, 0.25) is 0 Å². The largest absolute Gasteiger partial charge is 0.477 e. The Morgan fingerprint density at radius 2 is 2.12 bits per heavy atom. The molecule has 0 amide bonds. The molecule has 0 aliphatic carbocycles. The number of allylic oxidation sites excluding steroid dienone is 1. The summed E-state index contributed by atoms with van der Waals surface area (Å²) in [5.41, 5.74) is 0. The van der Waals surface area contributed by atoms with E-state index in [0.29, 0.717) is 0 Å². The van der Waals surface area contributed by atoms with Gasteiger partial charge in [0, 0.05) is 27.3 Å². The normalized spacial score (nSPS) is 10.0. The second-order valence-electron chi connectivity index (χ2n) is 0.942. The molecule has 0 aliphatic rings. The minimum absolute atomic E-state index is 0. The van der Waals surface area contributed by atoms with E-state index in [1.54, 1.807) is 6.92 Å². The van der Waals surface area contributed by atoms with Crippen LogP contribution in [0.5, 0.6) is 0 Å². The zero-order valence-electron chi connectivity index (χ0n) is 4.52. The van der Waals surface area contributed by atoms with Gasteiger partial charge in [-0.25, -0.2) is 4.79 Å². The number of carbonyl (C=O) groups is 1. The minimum atomic E-state index is -1.08. The number of hydrogen-bond acceptors (Lipinski definition) is 1. The van der Waals surface area contributed by atoms with Gasteiger partial charge in [-0.15, -0.1) is 0 Å². The van der Waals surface area contributed by atoms with Gasteiger partial charge in [-0.1, -0.05) is 17.7 Å². The number of rotatable bonds is 1. The first-order valence-corrected chi connectivity index (χ1v) is 2.11. The maximum Gasteiger partial charge on any atom is 0.346 e. The molecule has 0 saturated carbocycles. The average molecular weight is 233 g/mol. The second kappa shape index (κ2) is 5.56. The van der Waals surface area contributed by atoms with Gasteiger partial charge in [0.05, 0.1) is 0 Å². The summed E-state index contributed by atoms with van der Waals surface area (Å²) in [4.78, 5) is 9.73. The van der Waals surface area contributed by atoms with Crippen LogP contribution in [0.25, 0.3) is 0 Å². The molecule has 0 heterocycles. The van der Waals surface area contributed by atoms with Gasteiger partial charge in [0.15, 0.2) is 0 Å². The molecular formula is C4H5CdClO2. The first-order valence-electron chi connectivity index (χ1n) is 1.73. The first-order chi connectivity index (χ1) is 3.18. The monoisotopic (exact) mass is 234 g/mol. The van der Waals surface area contributed by atoms with E-state index in [0.717, 1.165) is 0 Å². The molecule has 0 aromatic rings. The zero-order chi connectivity index (χ0) is 5.86. The molecule has 0 atom stereocenters. The van der Waals surface area contributed by atoms with Crippen LogP contribution >= 0.6 is 11.6 Å². The van der Waals surface area contributed by atoms with Crippen LogP contribution in [0.3, 0.4) is 0 Å². The maximum absolute atomic E-state index is 9.73. The third-order valence-corrected chi connectivity index (χ3v) is 0.838. The van der Waals surface area contributed by atoms with Crippen molar-refractivity contribution >= 4 is 17.6 Å². The van der Waals surface area contributed by atoms with E-state index in [-0.39, 0.29) is 32.3 Å². The summed E-state index contributed by atoms with van der Waals surface area (Å²) in [6.45, 7) is 1.57. The Kier molecular flexibility index (Phi) is 7.81. The van der Waals surface area contributed by atoms with Crippen LogP contribution in [0.1, 0.15) is 6.92 Å². The summed E-state index contributed by atoms with van der Waals surface area (Å²) >= 11 is 5.06. The molecular weight excluding hydrogens is 228 g/mol.